The second-order valence-corrected chi connectivity index (χ2v) is 8.35. The molecular formula is C24H31N3O3. The first-order valence-corrected chi connectivity index (χ1v) is 10.7. The number of methoxy groups -OCH3 is 2. The van der Waals surface area contributed by atoms with E-state index in [0.717, 1.165) is 49.4 Å². The molecule has 160 valence electrons. The highest BCUT2D eigenvalue weighted by Crippen LogP contribution is 2.35. The van der Waals surface area contributed by atoms with Crippen LogP contribution in [0.15, 0.2) is 36.4 Å². The van der Waals surface area contributed by atoms with Crippen molar-refractivity contribution < 1.29 is 14.3 Å². The number of nitrogens with zero attached hydrogens (tertiary/aromatic N) is 2. The van der Waals surface area contributed by atoms with Crippen LogP contribution in [0.1, 0.15) is 34.3 Å². The maximum absolute atomic E-state index is 13.0. The van der Waals surface area contributed by atoms with E-state index in [1.54, 1.807) is 14.2 Å². The largest absolute Gasteiger partial charge is 0.493 e. The van der Waals surface area contributed by atoms with Gasteiger partial charge in [-0.25, -0.2) is 0 Å². The molecule has 1 fully saturated rings. The highest BCUT2D eigenvalue weighted by molar-refractivity contribution is 5.99. The summed E-state index contributed by atoms with van der Waals surface area (Å²) in [7, 11) is 3.22. The third-order valence-corrected chi connectivity index (χ3v) is 6.27. The van der Waals surface area contributed by atoms with E-state index in [1.807, 2.05) is 29.2 Å². The van der Waals surface area contributed by atoms with Crippen LogP contribution in [-0.2, 0) is 13.0 Å². The summed E-state index contributed by atoms with van der Waals surface area (Å²) < 4.78 is 10.8. The Morgan fingerprint density at radius 2 is 1.83 bits per heavy atom. The van der Waals surface area contributed by atoms with E-state index >= 15 is 0 Å². The lowest BCUT2D eigenvalue weighted by Crippen LogP contribution is -2.41. The molecule has 1 atom stereocenters. The number of carbonyl (C=O) groups is 1. The second kappa shape index (κ2) is 8.96. The van der Waals surface area contributed by atoms with Crippen LogP contribution < -0.4 is 15.2 Å². The molecule has 2 N–H and O–H groups in total. The van der Waals surface area contributed by atoms with Gasteiger partial charge in [-0.1, -0.05) is 12.1 Å². The summed E-state index contributed by atoms with van der Waals surface area (Å²) in [6.07, 6.45) is 3.38. The van der Waals surface area contributed by atoms with Crippen molar-refractivity contribution >= 4 is 11.6 Å². The zero-order valence-corrected chi connectivity index (χ0v) is 17.9. The molecule has 0 spiro atoms. The fourth-order valence-corrected chi connectivity index (χ4v) is 4.63. The Labute approximate surface area is 178 Å². The van der Waals surface area contributed by atoms with Gasteiger partial charge in [-0.15, -0.1) is 0 Å². The van der Waals surface area contributed by atoms with Gasteiger partial charge in [0.25, 0.3) is 5.91 Å². The van der Waals surface area contributed by atoms with E-state index in [-0.39, 0.29) is 5.91 Å². The van der Waals surface area contributed by atoms with E-state index in [9.17, 15) is 4.79 Å². The number of ether oxygens (including phenoxy) is 2. The number of carbonyl (C=O) groups excluding carboxylic acids is 1. The maximum Gasteiger partial charge on any atom is 0.254 e. The summed E-state index contributed by atoms with van der Waals surface area (Å²) in [5.74, 6) is 1.90. The van der Waals surface area contributed by atoms with Crippen molar-refractivity contribution in [1.82, 2.24) is 9.80 Å². The molecule has 0 aromatic heterocycles. The van der Waals surface area contributed by atoms with Crippen LogP contribution >= 0.6 is 0 Å². The summed E-state index contributed by atoms with van der Waals surface area (Å²) >= 11 is 0. The first-order chi connectivity index (χ1) is 14.6. The number of hydrogen-bond acceptors (Lipinski definition) is 5. The molecule has 1 saturated heterocycles. The maximum atomic E-state index is 13.0. The number of benzene rings is 2. The van der Waals surface area contributed by atoms with Gasteiger partial charge < -0.3 is 25.0 Å². The van der Waals surface area contributed by atoms with E-state index in [0.29, 0.717) is 24.0 Å². The van der Waals surface area contributed by atoms with Crippen molar-refractivity contribution in [3.8, 4) is 11.5 Å². The van der Waals surface area contributed by atoms with Crippen LogP contribution in [0.4, 0.5) is 5.69 Å². The fourth-order valence-electron chi connectivity index (χ4n) is 4.63. The highest BCUT2D eigenvalue weighted by Gasteiger charge is 2.32. The van der Waals surface area contributed by atoms with Gasteiger partial charge in [-0.05, 0) is 67.1 Å². The molecule has 0 aliphatic carbocycles. The smallest absolute Gasteiger partial charge is 0.254 e. The van der Waals surface area contributed by atoms with Gasteiger partial charge >= 0.3 is 0 Å². The van der Waals surface area contributed by atoms with Crippen molar-refractivity contribution in [2.24, 2.45) is 5.92 Å². The molecule has 2 aliphatic rings. The van der Waals surface area contributed by atoms with Gasteiger partial charge in [0.1, 0.15) is 0 Å². The monoisotopic (exact) mass is 409 g/mol. The van der Waals surface area contributed by atoms with Crippen LogP contribution in [-0.4, -0.2) is 56.1 Å². The van der Waals surface area contributed by atoms with Gasteiger partial charge in [0.15, 0.2) is 11.5 Å². The first-order valence-electron chi connectivity index (χ1n) is 10.7. The first kappa shape index (κ1) is 20.5. The standard InChI is InChI=1S/C24H31N3O3/c1-29-22-12-19-16-27(24(28)21(19)13-23(22)30-2)15-18-4-3-10-26(14-18)11-9-17-5-7-20(25)8-6-17/h5-8,12-13,18H,3-4,9-11,14-16,25H2,1-2H3. The molecule has 1 amide bonds. The molecular weight excluding hydrogens is 378 g/mol. The second-order valence-electron chi connectivity index (χ2n) is 8.35. The molecule has 0 saturated carbocycles. The zero-order valence-electron chi connectivity index (χ0n) is 17.9. The number of rotatable bonds is 7. The SMILES string of the molecule is COc1cc2c(cc1OC)C(=O)N(CC1CCCN(CCc3ccc(N)cc3)C1)C2. The van der Waals surface area contributed by atoms with Crippen molar-refractivity contribution in [3.05, 3.63) is 53.1 Å². The quantitative estimate of drug-likeness (QED) is 0.712. The van der Waals surface area contributed by atoms with Crippen LogP contribution in [0.25, 0.3) is 0 Å². The predicted molar refractivity (Wildman–Crippen MR) is 118 cm³/mol. The van der Waals surface area contributed by atoms with Gasteiger partial charge in [-0.3, -0.25) is 4.79 Å². The number of amides is 1. The Hall–Kier alpha value is -2.73. The minimum atomic E-state index is 0.102. The van der Waals surface area contributed by atoms with Crippen molar-refractivity contribution in [2.45, 2.75) is 25.8 Å². The van der Waals surface area contributed by atoms with Gasteiger partial charge in [0.2, 0.25) is 0 Å². The van der Waals surface area contributed by atoms with E-state index in [4.69, 9.17) is 15.2 Å². The lowest BCUT2D eigenvalue weighted by atomic mass is 9.97. The molecule has 4 rings (SSSR count). The predicted octanol–water partition coefficient (Wildman–Crippen LogP) is 3.20. The van der Waals surface area contributed by atoms with Crippen LogP contribution in [0, 0.1) is 5.92 Å². The topological polar surface area (TPSA) is 68.0 Å². The van der Waals surface area contributed by atoms with Crippen LogP contribution in [0.2, 0.25) is 0 Å². The third-order valence-electron chi connectivity index (χ3n) is 6.27. The number of piperidine rings is 1. The molecule has 0 radical (unpaired) electrons. The molecule has 6 nitrogen and oxygen atoms in total. The summed E-state index contributed by atoms with van der Waals surface area (Å²) in [4.78, 5) is 17.5. The molecule has 0 bridgehead atoms. The number of hydrogen-bond donors (Lipinski definition) is 1. The average Bonchev–Trinajstić information content (AvgIpc) is 3.07. The number of fused-ring (bicyclic) bond motifs is 1. The lowest BCUT2D eigenvalue weighted by Gasteiger charge is -2.34. The van der Waals surface area contributed by atoms with Gasteiger partial charge in [-0.2, -0.15) is 0 Å². The Morgan fingerprint density at radius 1 is 1.10 bits per heavy atom. The normalized spacial score (nSPS) is 19.1. The minimum Gasteiger partial charge on any atom is -0.493 e. The van der Waals surface area contributed by atoms with E-state index in [2.05, 4.69) is 17.0 Å². The zero-order chi connectivity index (χ0) is 21.1. The summed E-state index contributed by atoms with van der Waals surface area (Å²) in [6.45, 7) is 4.67. The highest BCUT2D eigenvalue weighted by atomic mass is 16.5. The summed E-state index contributed by atoms with van der Waals surface area (Å²) in [6, 6.07) is 11.9. The van der Waals surface area contributed by atoms with E-state index < -0.39 is 0 Å². The Balaban J connectivity index is 1.34. The van der Waals surface area contributed by atoms with Crippen LogP contribution in [0.3, 0.4) is 0 Å². The average molecular weight is 410 g/mol. The Kier molecular flexibility index (Phi) is 6.13. The Morgan fingerprint density at radius 3 is 2.57 bits per heavy atom. The number of nitrogen functional groups attached to an aromatic ring is 1. The summed E-state index contributed by atoms with van der Waals surface area (Å²) in [5.41, 5.74) is 9.67. The van der Waals surface area contributed by atoms with Crippen molar-refractivity contribution in [3.63, 3.8) is 0 Å². The van der Waals surface area contributed by atoms with Gasteiger partial charge in [0.05, 0.1) is 14.2 Å². The molecule has 2 aliphatic heterocycles. The minimum absolute atomic E-state index is 0.102. The molecule has 6 heteroatoms. The molecule has 30 heavy (non-hydrogen) atoms. The van der Waals surface area contributed by atoms with Crippen LogP contribution in [0.5, 0.6) is 11.5 Å². The number of anilines is 1. The van der Waals surface area contributed by atoms with Gasteiger partial charge in [0, 0.05) is 37.4 Å². The van der Waals surface area contributed by atoms with Crippen molar-refractivity contribution in [1.29, 1.82) is 0 Å². The lowest BCUT2D eigenvalue weighted by molar-refractivity contribution is 0.0703. The molecule has 1 unspecified atom stereocenters. The molecule has 2 aromatic carbocycles. The van der Waals surface area contributed by atoms with Crippen molar-refractivity contribution in [2.75, 3.05) is 46.1 Å². The fraction of sp³-hybridized carbons (Fsp3) is 0.458. The number of nitrogens with two attached hydrogens (primary N) is 1. The summed E-state index contributed by atoms with van der Waals surface area (Å²) in [5, 5.41) is 0. The van der Waals surface area contributed by atoms with E-state index in [1.165, 1.54) is 18.4 Å². The molecule has 2 heterocycles. The molecule has 2 aromatic rings. The third kappa shape index (κ3) is 4.38. The number of likely N-dealkylation sites (tertiary alicyclic amines) is 1. The Bertz CT molecular complexity index is 897.